The minimum Gasteiger partial charge on any atom is -0.456 e. The van der Waals surface area contributed by atoms with Gasteiger partial charge in [-0.05, 0) is 49.2 Å². The molecule has 0 aliphatic carbocycles. The number of hydrogen-bond acceptors (Lipinski definition) is 4. The lowest BCUT2D eigenvalue weighted by Crippen LogP contribution is -2.06. The van der Waals surface area contributed by atoms with Crippen molar-refractivity contribution in [1.82, 2.24) is 9.97 Å². The second kappa shape index (κ2) is 8.69. The first-order valence-electron chi connectivity index (χ1n) is 8.95. The summed E-state index contributed by atoms with van der Waals surface area (Å²) in [5, 5.41) is 3.20. The number of aryl methyl sites for hydroxylation is 1. The summed E-state index contributed by atoms with van der Waals surface area (Å²) in [5.74, 6) is 1.44. The molecule has 0 fully saturated rings. The third kappa shape index (κ3) is 5.17. The van der Waals surface area contributed by atoms with Crippen LogP contribution in [0, 0.1) is 6.92 Å². The largest absolute Gasteiger partial charge is 0.456 e. The van der Waals surface area contributed by atoms with Crippen molar-refractivity contribution in [3.05, 3.63) is 76.2 Å². The summed E-state index contributed by atoms with van der Waals surface area (Å²) in [6.07, 6.45) is -2.09. The molecule has 0 saturated heterocycles. The van der Waals surface area contributed by atoms with Gasteiger partial charge in [-0.15, -0.1) is 0 Å². The molecule has 0 spiro atoms. The molecule has 2 aromatic carbocycles. The second-order valence-corrected chi connectivity index (χ2v) is 6.79. The number of nitrogens with one attached hydrogen (secondary N) is 1. The van der Waals surface area contributed by atoms with Crippen LogP contribution in [0.1, 0.15) is 29.3 Å². The minimum atomic E-state index is -4.45. The quantitative estimate of drug-likeness (QED) is 0.498. The Balaban J connectivity index is 1.66. The summed E-state index contributed by atoms with van der Waals surface area (Å²) in [4.78, 5) is 8.49. The van der Waals surface area contributed by atoms with Gasteiger partial charge in [0.05, 0.1) is 10.6 Å². The van der Waals surface area contributed by atoms with E-state index in [9.17, 15) is 13.2 Å². The molecule has 0 aliphatic rings. The zero-order valence-electron chi connectivity index (χ0n) is 15.8. The number of ether oxygens (including phenoxy) is 1. The number of alkyl halides is 3. The van der Waals surface area contributed by atoms with Crippen LogP contribution in [0.4, 0.5) is 19.0 Å². The summed E-state index contributed by atoms with van der Waals surface area (Å²) in [6.45, 7) is 4.56. The Morgan fingerprint density at radius 1 is 1.07 bits per heavy atom. The monoisotopic (exact) mass is 421 g/mol. The van der Waals surface area contributed by atoms with Gasteiger partial charge >= 0.3 is 6.18 Å². The highest BCUT2D eigenvalue weighted by atomic mass is 35.5. The molecule has 1 heterocycles. The summed E-state index contributed by atoms with van der Waals surface area (Å²) >= 11 is 5.93. The fourth-order valence-electron chi connectivity index (χ4n) is 2.82. The summed E-state index contributed by atoms with van der Waals surface area (Å²) in [5.41, 5.74) is 2.20. The number of rotatable bonds is 6. The van der Waals surface area contributed by atoms with Gasteiger partial charge in [0.15, 0.2) is 0 Å². The Hall–Kier alpha value is -2.80. The fraction of sp³-hybridized carbons (Fsp3) is 0.238. The van der Waals surface area contributed by atoms with E-state index in [0.717, 1.165) is 41.2 Å². The minimum absolute atomic E-state index is 0.100. The van der Waals surface area contributed by atoms with Crippen molar-refractivity contribution < 1.29 is 17.9 Å². The van der Waals surface area contributed by atoms with E-state index in [1.54, 1.807) is 12.1 Å². The Labute approximate surface area is 171 Å². The Morgan fingerprint density at radius 2 is 1.79 bits per heavy atom. The van der Waals surface area contributed by atoms with Gasteiger partial charge in [-0.25, -0.2) is 9.97 Å². The SMILES string of the molecule is CCc1c(C)ncnc1NCc1ccc(Oc2ccc(C(F)(F)F)cc2Cl)cc1. The van der Waals surface area contributed by atoms with Gasteiger partial charge in [0.25, 0.3) is 0 Å². The number of benzene rings is 2. The van der Waals surface area contributed by atoms with Crippen LogP contribution < -0.4 is 10.1 Å². The molecule has 0 unspecified atom stereocenters. The first-order chi connectivity index (χ1) is 13.8. The second-order valence-electron chi connectivity index (χ2n) is 6.38. The highest BCUT2D eigenvalue weighted by Crippen LogP contribution is 2.36. The van der Waals surface area contributed by atoms with Crippen LogP contribution in [0.5, 0.6) is 11.5 Å². The van der Waals surface area contributed by atoms with Gasteiger partial charge in [0, 0.05) is 17.8 Å². The summed E-state index contributed by atoms with van der Waals surface area (Å²) in [7, 11) is 0. The molecule has 1 aromatic heterocycles. The van der Waals surface area contributed by atoms with Crippen LogP contribution in [0.2, 0.25) is 5.02 Å². The molecule has 3 rings (SSSR count). The lowest BCUT2D eigenvalue weighted by molar-refractivity contribution is -0.137. The molecule has 29 heavy (non-hydrogen) atoms. The van der Waals surface area contributed by atoms with Crippen LogP contribution in [0.25, 0.3) is 0 Å². The standard InChI is InChI=1S/C21H19ClF3N3O/c1-3-17-13(2)27-12-28-20(17)26-11-14-4-7-16(8-5-14)29-19-9-6-15(10-18(19)22)21(23,24)25/h4-10,12H,3,11H2,1-2H3,(H,26,27,28). The lowest BCUT2D eigenvalue weighted by Gasteiger charge is -2.13. The third-order valence-electron chi connectivity index (χ3n) is 4.38. The van der Waals surface area contributed by atoms with Crippen LogP contribution in [-0.4, -0.2) is 9.97 Å². The van der Waals surface area contributed by atoms with Gasteiger partial charge in [-0.3, -0.25) is 0 Å². The molecule has 0 saturated carbocycles. The highest BCUT2D eigenvalue weighted by molar-refractivity contribution is 6.32. The molecule has 0 bridgehead atoms. The van der Waals surface area contributed by atoms with Gasteiger partial charge < -0.3 is 10.1 Å². The summed E-state index contributed by atoms with van der Waals surface area (Å²) in [6, 6.07) is 10.2. The maximum absolute atomic E-state index is 12.7. The molecular formula is C21H19ClF3N3O. The molecule has 0 atom stereocenters. The lowest BCUT2D eigenvalue weighted by atomic mass is 10.1. The van der Waals surface area contributed by atoms with E-state index < -0.39 is 11.7 Å². The molecule has 0 aliphatic heterocycles. The Bertz CT molecular complexity index is 991. The van der Waals surface area contributed by atoms with E-state index >= 15 is 0 Å². The molecular weight excluding hydrogens is 403 g/mol. The Morgan fingerprint density at radius 3 is 2.41 bits per heavy atom. The van der Waals surface area contributed by atoms with Gasteiger partial charge in [0.2, 0.25) is 0 Å². The van der Waals surface area contributed by atoms with E-state index in [2.05, 4.69) is 22.2 Å². The molecule has 3 aromatic rings. The fourth-order valence-corrected chi connectivity index (χ4v) is 3.04. The van der Waals surface area contributed by atoms with E-state index in [1.165, 1.54) is 12.4 Å². The van der Waals surface area contributed by atoms with Gasteiger partial charge in [-0.2, -0.15) is 13.2 Å². The van der Waals surface area contributed by atoms with Crippen molar-refractivity contribution in [2.45, 2.75) is 33.0 Å². The van der Waals surface area contributed by atoms with Gasteiger partial charge in [-0.1, -0.05) is 30.7 Å². The zero-order valence-corrected chi connectivity index (χ0v) is 16.6. The molecule has 4 nitrogen and oxygen atoms in total. The predicted octanol–water partition coefficient (Wildman–Crippen LogP) is 6.42. The summed E-state index contributed by atoms with van der Waals surface area (Å²) < 4.78 is 43.8. The maximum Gasteiger partial charge on any atom is 0.416 e. The van der Waals surface area contributed by atoms with Crippen LogP contribution in [-0.2, 0) is 19.1 Å². The number of anilines is 1. The first kappa shape index (κ1) is 20.9. The smallest absolute Gasteiger partial charge is 0.416 e. The average Bonchev–Trinajstić information content (AvgIpc) is 2.68. The molecule has 8 heteroatoms. The maximum atomic E-state index is 12.7. The Kier molecular flexibility index (Phi) is 6.27. The normalized spacial score (nSPS) is 11.4. The third-order valence-corrected chi connectivity index (χ3v) is 4.68. The molecule has 1 N–H and O–H groups in total. The highest BCUT2D eigenvalue weighted by Gasteiger charge is 2.31. The van der Waals surface area contributed by atoms with Crippen molar-refractivity contribution in [2.24, 2.45) is 0 Å². The number of nitrogens with zero attached hydrogens (tertiary/aromatic N) is 2. The zero-order chi connectivity index (χ0) is 21.0. The van der Waals surface area contributed by atoms with Crippen molar-refractivity contribution >= 4 is 17.4 Å². The number of hydrogen-bond donors (Lipinski definition) is 1. The molecule has 0 radical (unpaired) electrons. The van der Waals surface area contributed by atoms with Crippen molar-refractivity contribution in [1.29, 1.82) is 0 Å². The van der Waals surface area contributed by atoms with Crippen LogP contribution >= 0.6 is 11.6 Å². The topological polar surface area (TPSA) is 47.0 Å². The number of aromatic nitrogens is 2. The van der Waals surface area contributed by atoms with Crippen LogP contribution in [0.15, 0.2) is 48.8 Å². The van der Waals surface area contributed by atoms with Crippen LogP contribution in [0.3, 0.4) is 0 Å². The van der Waals surface area contributed by atoms with Gasteiger partial charge in [0.1, 0.15) is 23.6 Å². The van der Waals surface area contributed by atoms with E-state index in [1.807, 2.05) is 19.1 Å². The molecule has 152 valence electrons. The van der Waals surface area contributed by atoms with E-state index in [4.69, 9.17) is 16.3 Å². The average molecular weight is 422 g/mol. The van der Waals surface area contributed by atoms with Crippen molar-refractivity contribution in [2.75, 3.05) is 5.32 Å². The predicted molar refractivity (Wildman–Crippen MR) is 106 cm³/mol. The van der Waals surface area contributed by atoms with E-state index in [0.29, 0.717) is 12.3 Å². The molecule has 0 amide bonds. The number of halogens is 4. The first-order valence-corrected chi connectivity index (χ1v) is 9.33. The van der Waals surface area contributed by atoms with Crippen molar-refractivity contribution in [3.63, 3.8) is 0 Å². The van der Waals surface area contributed by atoms with Crippen molar-refractivity contribution in [3.8, 4) is 11.5 Å². The van der Waals surface area contributed by atoms with E-state index in [-0.39, 0.29) is 10.8 Å².